The predicted molar refractivity (Wildman–Crippen MR) is 124 cm³/mol. The molecular weight excluding hydrogens is 394 g/mol. The Labute approximate surface area is 186 Å². The third-order valence-corrected chi connectivity index (χ3v) is 6.98. The lowest BCUT2D eigenvalue weighted by atomic mass is 9.76. The van der Waals surface area contributed by atoms with E-state index in [4.69, 9.17) is 21.1 Å². The minimum Gasteiger partial charge on any atom is -0.491 e. The molecule has 2 aliphatic rings. The zero-order valence-electron chi connectivity index (χ0n) is 18.7. The monoisotopic (exact) mass is 427 g/mol. The van der Waals surface area contributed by atoms with E-state index >= 15 is 0 Å². The average Bonchev–Trinajstić information content (AvgIpc) is 2.67. The molecule has 0 amide bonds. The maximum atomic E-state index is 6.30. The van der Waals surface area contributed by atoms with Crippen molar-refractivity contribution in [1.82, 2.24) is 4.90 Å². The van der Waals surface area contributed by atoms with Crippen molar-refractivity contribution in [2.24, 2.45) is 5.41 Å². The summed E-state index contributed by atoms with van der Waals surface area (Å²) in [4.78, 5) is 2.58. The van der Waals surface area contributed by atoms with Crippen molar-refractivity contribution in [3.63, 3.8) is 0 Å². The average molecular weight is 428 g/mol. The van der Waals surface area contributed by atoms with Crippen molar-refractivity contribution in [1.29, 1.82) is 0 Å². The minimum absolute atomic E-state index is 0.149. The summed E-state index contributed by atoms with van der Waals surface area (Å²) in [5.41, 5.74) is 4.11. The maximum Gasteiger partial charge on any atom is 0.120 e. The van der Waals surface area contributed by atoms with E-state index in [2.05, 4.69) is 62.9 Å². The van der Waals surface area contributed by atoms with Gasteiger partial charge in [-0.15, -0.1) is 0 Å². The molecule has 4 rings (SSSR count). The highest BCUT2D eigenvalue weighted by molar-refractivity contribution is 6.30. The Hall–Kier alpha value is -1.55. The highest BCUT2D eigenvalue weighted by Crippen LogP contribution is 2.39. The highest BCUT2D eigenvalue weighted by Gasteiger charge is 2.41. The number of rotatable bonds is 6. The van der Waals surface area contributed by atoms with E-state index in [-0.39, 0.29) is 11.5 Å². The van der Waals surface area contributed by atoms with E-state index in [9.17, 15) is 0 Å². The van der Waals surface area contributed by atoms with Gasteiger partial charge in [0.25, 0.3) is 0 Å². The molecule has 3 nitrogen and oxygen atoms in total. The topological polar surface area (TPSA) is 21.7 Å². The Morgan fingerprint density at radius 2 is 1.80 bits per heavy atom. The summed E-state index contributed by atoms with van der Waals surface area (Å²) in [5.74, 6) is 0.952. The van der Waals surface area contributed by atoms with Gasteiger partial charge in [-0.2, -0.15) is 0 Å². The summed E-state index contributed by atoms with van der Waals surface area (Å²) in [7, 11) is 0. The SMILES string of the molecule is CC(C)Oc1cc(CN2CCC3(CC2)COC3)cc(C(C)(C)c2cccc(Cl)c2)c1. The Balaban J connectivity index is 1.59. The number of hydrogen-bond donors (Lipinski definition) is 0. The molecule has 0 radical (unpaired) electrons. The zero-order valence-corrected chi connectivity index (χ0v) is 19.5. The summed E-state index contributed by atoms with van der Waals surface area (Å²) in [6, 6.07) is 15.0. The number of nitrogens with zero attached hydrogens (tertiary/aromatic N) is 1. The number of ether oxygens (including phenoxy) is 2. The fourth-order valence-corrected chi connectivity index (χ4v) is 4.81. The molecule has 0 N–H and O–H groups in total. The van der Waals surface area contributed by atoms with E-state index in [1.807, 2.05) is 12.1 Å². The number of benzene rings is 2. The zero-order chi connectivity index (χ0) is 21.4. The van der Waals surface area contributed by atoms with Crippen molar-refractivity contribution < 1.29 is 9.47 Å². The van der Waals surface area contributed by atoms with Gasteiger partial charge in [0.2, 0.25) is 0 Å². The van der Waals surface area contributed by atoms with Gasteiger partial charge >= 0.3 is 0 Å². The number of hydrogen-bond acceptors (Lipinski definition) is 3. The largest absolute Gasteiger partial charge is 0.491 e. The molecule has 4 heteroatoms. The van der Waals surface area contributed by atoms with Gasteiger partial charge in [-0.3, -0.25) is 4.90 Å². The smallest absolute Gasteiger partial charge is 0.120 e. The van der Waals surface area contributed by atoms with Crippen LogP contribution < -0.4 is 4.74 Å². The molecule has 2 fully saturated rings. The van der Waals surface area contributed by atoms with Gasteiger partial charge in [0.05, 0.1) is 19.3 Å². The van der Waals surface area contributed by atoms with Gasteiger partial charge in [-0.25, -0.2) is 0 Å². The van der Waals surface area contributed by atoms with Crippen LogP contribution in [-0.2, 0) is 16.7 Å². The Morgan fingerprint density at radius 3 is 2.40 bits per heavy atom. The summed E-state index contributed by atoms with van der Waals surface area (Å²) in [6.07, 6.45) is 2.64. The fourth-order valence-electron chi connectivity index (χ4n) is 4.62. The van der Waals surface area contributed by atoms with Crippen molar-refractivity contribution in [2.75, 3.05) is 26.3 Å². The second-order valence-corrected chi connectivity index (χ2v) is 10.4. The van der Waals surface area contributed by atoms with Crippen molar-refractivity contribution in [3.05, 3.63) is 64.2 Å². The first kappa shape index (κ1) is 21.7. The van der Waals surface area contributed by atoms with Crippen LogP contribution >= 0.6 is 11.6 Å². The van der Waals surface area contributed by atoms with E-state index in [1.54, 1.807) is 0 Å². The van der Waals surface area contributed by atoms with Crippen LogP contribution in [0.15, 0.2) is 42.5 Å². The molecule has 0 bridgehead atoms. The molecule has 0 saturated carbocycles. The second-order valence-electron chi connectivity index (χ2n) is 9.94. The summed E-state index contributed by atoms with van der Waals surface area (Å²) >= 11 is 6.30. The summed E-state index contributed by atoms with van der Waals surface area (Å²) in [5, 5.41) is 0.776. The molecule has 1 spiro atoms. The molecule has 162 valence electrons. The third kappa shape index (κ3) is 4.69. The first-order chi connectivity index (χ1) is 14.3. The highest BCUT2D eigenvalue weighted by atomic mass is 35.5. The second kappa shape index (κ2) is 8.53. The van der Waals surface area contributed by atoms with Gasteiger partial charge in [0, 0.05) is 22.4 Å². The van der Waals surface area contributed by atoms with Gasteiger partial charge < -0.3 is 9.47 Å². The molecule has 0 aromatic heterocycles. The van der Waals surface area contributed by atoms with E-state index < -0.39 is 0 Å². The quantitative estimate of drug-likeness (QED) is 0.558. The van der Waals surface area contributed by atoms with Crippen LogP contribution in [0.3, 0.4) is 0 Å². The fraction of sp³-hybridized carbons (Fsp3) is 0.538. The first-order valence-corrected chi connectivity index (χ1v) is 11.5. The predicted octanol–water partition coefficient (Wildman–Crippen LogP) is 6.07. The van der Waals surface area contributed by atoms with Crippen molar-refractivity contribution in [3.8, 4) is 5.75 Å². The van der Waals surface area contributed by atoms with Crippen LogP contribution in [-0.4, -0.2) is 37.3 Å². The molecule has 2 aliphatic heterocycles. The Bertz CT molecular complexity index is 878. The first-order valence-electron chi connectivity index (χ1n) is 11.1. The van der Waals surface area contributed by atoms with Gasteiger partial charge in [0.15, 0.2) is 0 Å². The van der Waals surface area contributed by atoms with E-state index in [1.165, 1.54) is 29.5 Å². The van der Waals surface area contributed by atoms with Crippen LogP contribution in [0.1, 0.15) is 57.2 Å². The normalized spacial score (nSPS) is 19.1. The van der Waals surface area contributed by atoms with Crippen LogP contribution in [0.4, 0.5) is 0 Å². The third-order valence-electron chi connectivity index (χ3n) is 6.75. The van der Waals surface area contributed by atoms with Gasteiger partial charge in [-0.1, -0.05) is 43.6 Å². The molecule has 0 unspecified atom stereocenters. The maximum absolute atomic E-state index is 6.30. The summed E-state index contributed by atoms with van der Waals surface area (Å²) < 4.78 is 11.6. The Kier molecular flexibility index (Phi) is 6.16. The van der Waals surface area contributed by atoms with Crippen LogP contribution in [0.25, 0.3) is 0 Å². The molecule has 2 heterocycles. The molecule has 2 aromatic carbocycles. The Morgan fingerprint density at radius 1 is 1.07 bits per heavy atom. The van der Waals surface area contributed by atoms with Crippen molar-refractivity contribution in [2.45, 2.75) is 58.6 Å². The van der Waals surface area contributed by atoms with E-state index in [0.29, 0.717) is 5.41 Å². The minimum atomic E-state index is -0.161. The molecule has 30 heavy (non-hydrogen) atoms. The van der Waals surface area contributed by atoms with E-state index in [0.717, 1.165) is 43.6 Å². The van der Waals surface area contributed by atoms with Gasteiger partial charge in [-0.05, 0) is 80.7 Å². The lowest BCUT2D eigenvalue weighted by Crippen LogP contribution is -2.50. The number of likely N-dealkylation sites (tertiary alicyclic amines) is 1. The molecule has 0 atom stereocenters. The molecule has 0 aliphatic carbocycles. The lowest BCUT2D eigenvalue weighted by molar-refractivity contribution is -0.140. The van der Waals surface area contributed by atoms with Crippen LogP contribution in [0.2, 0.25) is 5.02 Å². The standard InChI is InChI=1S/C26H34ClNO2/c1-19(2)30-24-13-20(16-28-10-8-26(9-11-28)17-29-18-26)12-22(15-24)25(3,4)21-6-5-7-23(27)14-21/h5-7,12-15,19H,8-11,16-18H2,1-4H3. The molecule has 2 saturated heterocycles. The summed E-state index contributed by atoms with van der Waals surface area (Å²) in [6.45, 7) is 13.9. The van der Waals surface area contributed by atoms with Crippen LogP contribution in [0, 0.1) is 5.41 Å². The van der Waals surface area contributed by atoms with Crippen molar-refractivity contribution >= 4 is 11.6 Å². The lowest BCUT2D eigenvalue weighted by Gasteiger charge is -2.47. The number of halogens is 1. The van der Waals surface area contributed by atoms with Gasteiger partial charge in [0.1, 0.15) is 5.75 Å². The molecule has 2 aromatic rings. The molecular formula is C26H34ClNO2. The number of piperidine rings is 1. The van der Waals surface area contributed by atoms with Crippen LogP contribution in [0.5, 0.6) is 5.75 Å².